The maximum absolute atomic E-state index is 11.3. The van der Waals surface area contributed by atoms with Gasteiger partial charge in [-0.15, -0.1) is 0 Å². The van der Waals surface area contributed by atoms with Gasteiger partial charge in [-0.3, -0.25) is 4.90 Å². The molecule has 5 heteroatoms. The number of esters is 1. The van der Waals surface area contributed by atoms with Crippen LogP contribution >= 0.6 is 15.9 Å². The zero-order chi connectivity index (χ0) is 14.5. The number of ether oxygens (including phenoxy) is 1. The third kappa shape index (κ3) is 3.71. The Kier molecular flexibility index (Phi) is 4.98. The fourth-order valence-corrected chi connectivity index (χ4v) is 2.32. The number of hydrogen-bond donors (Lipinski definition) is 0. The topological polar surface area (TPSA) is 42.7 Å². The van der Waals surface area contributed by atoms with Crippen LogP contribution in [-0.4, -0.2) is 25.0 Å². The van der Waals surface area contributed by atoms with E-state index in [0.717, 1.165) is 16.8 Å². The van der Waals surface area contributed by atoms with E-state index in [1.54, 1.807) is 12.1 Å². The molecule has 1 aromatic carbocycles. The lowest BCUT2D eigenvalue weighted by Crippen LogP contribution is -2.17. The minimum absolute atomic E-state index is 0.233. The number of hydrogen-bond acceptors (Lipinski definition) is 4. The average Bonchev–Trinajstić information content (AvgIpc) is 2.89. The van der Waals surface area contributed by atoms with E-state index in [4.69, 9.17) is 4.42 Å². The first-order valence-electron chi connectivity index (χ1n) is 6.19. The molecule has 0 saturated heterocycles. The molecule has 0 aliphatic rings. The van der Waals surface area contributed by atoms with Gasteiger partial charge in [-0.2, -0.15) is 0 Å². The van der Waals surface area contributed by atoms with Gasteiger partial charge in [0, 0.05) is 11.0 Å². The van der Waals surface area contributed by atoms with Crippen LogP contribution in [0.25, 0.3) is 0 Å². The van der Waals surface area contributed by atoms with Crippen LogP contribution < -0.4 is 0 Å². The molecule has 1 heterocycles. The second-order valence-electron chi connectivity index (χ2n) is 4.52. The first-order chi connectivity index (χ1) is 9.60. The molecular weight excluding hydrogens is 322 g/mol. The third-order valence-corrected chi connectivity index (χ3v) is 3.65. The number of halogens is 1. The first kappa shape index (κ1) is 14.8. The van der Waals surface area contributed by atoms with E-state index in [2.05, 4.69) is 31.6 Å². The van der Waals surface area contributed by atoms with Crippen molar-refractivity contribution in [1.82, 2.24) is 4.90 Å². The quantitative estimate of drug-likeness (QED) is 0.783. The summed E-state index contributed by atoms with van der Waals surface area (Å²) >= 11 is 3.53. The van der Waals surface area contributed by atoms with Crippen molar-refractivity contribution in [2.75, 3.05) is 14.2 Å². The monoisotopic (exact) mass is 337 g/mol. The lowest BCUT2D eigenvalue weighted by Gasteiger charge is -2.16. The van der Waals surface area contributed by atoms with E-state index < -0.39 is 5.97 Å². The highest BCUT2D eigenvalue weighted by Gasteiger charge is 2.12. The Morgan fingerprint density at radius 1 is 1.25 bits per heavy atom. The Hall–Kier alpha value is -1.59. The second kappa shape index (κ2) is 6.72. The molecule has 0 fully saturated rings. The van der Waals surface area contributed by atoms with Crippen LogP contribution in [0.2, 0.25) is 0 Å². The minimum Gasteiger partial charge on any atom is -0.463 e. The molecule has 0 aliphatic carbocycles. The van der Waals surface area contributed by atoms with Crippen LogP contribution in [-0.2, 0) is 17.8 Å². The van der Waals surface area contributed by atoms with Gasteiger partial charge in [0.25, 0.3) is 0 Å². The number of methoxy groups -OCH3 is 1. The Balaban J connectivity index is 1.98. The SMILES string of the molecule is COC(=O)c1ccc(CN(C)Cc2ccccc2Br)o1. The molecule has 1 aromatic heterocycles. The van der Waals surface area contributed by atoms with Gasteiger partial charge in [0.15, 0.2) is 0 Å². The molecule has 0 amide bonds. The van der Waals surface area contributed by atoms with Crippen molar-refractivity contribution in [2.45, 2.75) is 13.1 Å². The Bertz CT molecular complexity index is 594. The van der Waals surface area contributed by atoms with Gasteiger partial charge < -0.3 is 9.15 Å². The summed E-state index contributed by atoms with van der Waals surface area (Å²) in [6, 6.07) is 11.5. The summed E-state index contributed by atoms with van der Waals surface area (Å²) in [6.45, 7) is 1.41. The molecule has 0 aliphatic heterocycles. The molecule has 106 valence electrons. The lowest BCUT2D eigenvalue weighted by molar-refractivity contribution is 0.0561. The molecule has 0 unspecified atom stereocenters. The fourth-order valence-electron chi connectivity index (χ4n) is 1.91. The number of benzene rings is 1. The molecule has 4 nitrogen and oxygen atoms in total. The van der Waals surface area contributed by atoms with Gasteiger partial charge in [0.05, 0.1) is 13.7 Å². The zero-order valence-corrected chi connectivity index (χ0v) is 13.0. The Morgan fingerprint density at radius 2 is 2.00 bits per heavy atom. The van der Waals surface area contributed by atoms with Gasteiger partial charge in [-0.25, -0.2) is 4.79 Å². The van der Waals surface area contributed by atoms with Gasteiger partial charge in [0.2, 0.25) is 5.76 Å². The summed E-state index contributed by atoms with van der Waals surface area (Å²) in [5, 5.41) is 0. The van der Waals surface area contributed by atoms with Crippen LogP contribution in [0.5, 0.6) is 0 Å². The van der Waals surface area contributed by atoms with Gasteiger partial charge >= 0.3 is 5.97 Å². The number of carbonyl (C=O) groups is 1. The smallest absolute Gasteiger partial charge is 0.373 e. The zero-order valence-electron chi connectivity index (χ0n) is 11.4. The van der Waals surface area contributed by atoms with Crippen molar-refractivity contribution in [2.24, 2.45) is 0 Å². The van der Waals surface area contributed by atoms with Crippen LogP contribution in [0, 0.1) is 0 Å². The number of furan rings is 1. The minimum atomic E-state index is -0.454. The van der Waals surface area contributed by atoms with Crippen LogP contribution in [0.1, 0.15) is 21.9 Å². The Morgan fingerprint density at radius 3 is 2.70 bits per heavy atom. The second-order valence-corrected chi connectivity index (χ2v) is 5.38. The van der Waals surface area contributed by atoms with Crippen molar-refractivity contribution >= 4 is 21.9 Å². The molecule has 0 radical (unpaired) electrons. The van der Waals surface area contributed by atoms with E-state index in [0.29, 0.717) is 6.54 Å². The maximum Gasteiger partial charge on any atom is 0.373 e. The van der Waals surface area contributed by atoms with Crippen molar-refractivity contribution in [3.63, 3.8) is 0 Å². The molecular formula is C15H16BrNO3. The third-order valence-electron chi connectivity index (χ3n) is 2.87. The molecule has 0 spiro atoms. The van der Waals surface area contributed by atoms with Gasteiger partial charge in [-0.05, 0) is 30.8 Å². The van der Waals surface area contributed by atoms with E-state index in [1.165, 1.54) is 12.7 Å². The standard InChI is InChI=1S/C15H16BrNO3/c1-17(9-11-5-3-4-6-13(11)16)10-12-7-8-14(20-12)15(18)19-2/h3-8H,9-10H2,1-2H3. The largest absolute Gasteiger partial charge is 0.463 e. The van der Waals surface area contributed by atoms with E-state index in [-0.39, 0.29) is 5.76 Å². The van der Waals surface area contributed by atoms with Crippen molar-refractivity contribution in [3.05, 3.63) is 58.0 Å². The fraction of sp³-hybridized carbons (Fsp3) is 0.267. The summed E-state index contributed by atoms with van der Waals surface area (Å²) in [7, 11) is 3.34. The van der Waals surface area contributed by atoms with E-state index in [9.17, 15) is 4.79 Å². The summed E-state index contributed by atoms with van der Waals surface area (Å²) < 4.78 is 11.1. The first-order valence-corrected chi connectivity index (χ1v) is 6.98. The van der Waals surface area contributed by atoms with E-state index >= 15 is 0 Å². The summed E-state index contributed by atoms with van der Waals surface area (Å²) in [5.41, 5.74) is 1.20. The van der Waals surface area contributed by atoms with Crippen LogP contribution in [0.3, 0.4) is 0 Å². The molecule has 0 bridgehead atoms. The van der Waals surface area contributed by atoms with Gasteiger partial charge in [-0.1, -0.05) is 34.1 Å². The summed E-state index contributed by atoms with van der Waals surface area (Å²) in [6.07, 6.45) is 0. The molecule has 0 N–H and O–H groups in total. The number of nitrogens with zero attached hydrogens (tertiary/aromatic N) is 1. The molecule has 20 heavy (non-hydrogen) atoms. The van der Waals surface area contributed by atoms with Crippen molar-refractivity contribution in [1.29, 1.82) is 0 Å². The van der Waals surface area contributed by atoms with Crippen LogP contribution in [0.15, 0.2) is 45.3 Å². The summed E-state index contributed by atoms with van der Waals surface area (Å²) in [4.78, 5) is 13.4. The van der Waals surface area contributed by atoms with Crippen molar-refractivity contribution < 1.29 is 13.9 Å². The highest BCUT2D eigenvalue weighted by atomic mass is 79.9. The van der Waals surface area contributed by atoms with Gasteiger partial charge in [0.1, 0.15) is 5.76 Å². The van der Waals surface area contributed by atoms with Crippen molar-refractivity contribution in [3.8, 4) is 0 Å². The van der Waals surface area contributed by atoms with Crippen LogP contribution in [0.4, 0.5) is 0 Å². The van der Waals surface area contributed by atoms with E-state index in [1.807, 2.05) is 25.2 Å². The molecule has 2 aromatic rings. The molecule has 0 atom stereocenters. The predicted octanol–water partition coefficient (Wildman–Crippen LogP) is 3.46. The number of carbonyl (C=O) groups excluding carboxylic acids is 1. The lowest BCUT2D eigenvalue weighted by atomic mass is 10.2. The highest BCUT2D eigenvalue weighted by molar-refractivity contribution is 9.10. The molecule has 0 saturated carbocycles. The maximum atomic E-state index is 11.3. The number of rotatable bonds is 5. The molecule has 2 rings (SSSR count). The Labute approximate surface area is 126 Å². The highest BCUT2D eigenvalue weighted by Crippen LogP contribution is 2.18. The predicted molar refractivity (Wildman–Crippen MR) is 79.4 cm³/mol. The normalized spacial score (nSPS) is 10.8. The summed E-state index contributed by atoms with van der Waals surface area (Å²) in [5.74, 6) is 0.515. The average molecular weight is 338 g/mol.